The fraction of sp³-hybridized carbons (Fsp3) is 0.176. The van der Waals surface area contributed by atoms with E-state index in [0.717, 1.165) is 23.4 Å². The highest BCUT2D eigenvalue weighted by Crippen LogP contribution is 2.19. The molecule has 0 fully saturated rings. The molecule has 26 heavy (non-hydrogen) atoms. The molecule has 0 bridgehead atoms. The van der Waals surface area contributed by atoms with E-state index in [4.69, 9.17) is 17.0 Å². The first kappa shape index (κ1) is 19.5. The molecule has 5 nitrogen and oxygen atoms in total. The molecule has 0 radical (unpaired) electrons. The second-order valence-electron chi connectivity index (χ2n) is 5.16. The molecule has 0 aliphatic rings. The van der Waals surface area contributed by atoms with E-state index in [2.05, 4.69) is 16.0 Å². The zero-order valence-corrected chi connectivity index (χ0v) is 14.6. The van der Waals surface area contributed by atoms with Gasteiger partial charge in [-0.3, -0.25) is 4.79 Å². The van der Waals surface area contributed by atoms with Crippen molar-refractivity contribution in [3.63, 3.8) is 0 Å². The number of hydrogen-bond donors (Lipinski definition) is 3. The van der Waals surface area contributed by atoms with Gasteiger partial charge in [-0.25, -0.2) is 13.2 Å². The predicted octanol–water partition coefficient (Wildman–Crippen LogP) is 2.72. The van der Waals surface area contributed by atoms with Gasteiger partial charge in [-0.15, -0.1) is 0 Å². The van der Waals surface area contributed by atoms with Gasteiger partial charge in [-0.1, -0.05) is 12.1 Å². The number of halogens is 3. The van der Waals surface area contributed by atoms with Crippen LogP contribution in [0.3, 0.4) is 0 Å². The highest BCUT2D eigenvalue weighted by Gasteiger charge is 2.15. The van der Waals surface area contributed by atoms with Gasteiger partial charge in [0.15, 0.2) is 22.6 Å². The van der Waals surface area contributed by atoms with Crippen LogP contribution in [-0.4, -0.2) is 24.7 Å². The lowest BCUT2D eigenvalue weighted by Gasteiger charge is -2.11. The molecular formula is C17H16F3N3O2S. The average Bonchev–Trinajstić information content (AvgIpc) is 2.65. The summed E-state index contributed by atoms with van der Waals surface area (Å²) in [4.78, 5) is 11.8. The summed E-state index contributed by atoms with van der Waals surface area (Å²) in [5.74, 6) is -4.37. The van der Waals surface area contributed by atoms with E-state index in [-0.39, 0.29) is 11.7 Å². The Hall–Kier alpha value is -2.81. The van der Waals surface area contributed by atoms with Gasteiger partial charge in [0.2, 0.25) is 5.91 Å². The molecule has 0 aromatic heterocycles. The quantitative estimate of drug-likeness (QED) is 0.529. The smallest absolute Gasteiger partial charge is 0.243 e. The molecule has 2 aromatic carbocycles. The van der Waals surface area contributed by atoms with Crippen LogP contribution in [0.1, 0.15) is 5.56 Å². The topological polar surface area (TPSA) is 62.4 Å². The molecule has 3 N–H and O–H groups in total. The highest BCUT2D eigenvalue weighted by molar-refractivity contribution is 7.80. The fourth-order valence-corrected chi connectivity index (χ4v) is 2.11. The van der Waals surface area contributed by atoms with Crippen molar-refractivity contribution in [2.24, 2.45) is 0 Å². The predicted molar refractivity (Wildman–Crippen MR) is 95.4 cm³/mol. The van der Waals surface area contributed by atoms with Gasteiger partial charge in [-0.2, -0.15) is 0 Å². The Balaban J connectivity index is 1.77. The van der Waals surface area contributed by atoms with Crippen molar-refractivity contribution in [3.05, 3.63) is 59.4 Å². The van der Waals surface area contributed by atoms with E-state index >= 15 is 0 Å². The molecular weight excluding hydrogens is 367 g/mol. The standard InChI is InChI=1S/C17H16F3N3O2S/c1-25-11-4-2-10(3-5-11)8-21-17(26)22-9-14(24)23-13-7-6-12(18)15(19)16(13)20/h2-7H,8-9H2,1H3,(H,23,24)(H2,21,22,26). The Morgan fingerprint density at radius 3 is 2.38 bits per heavy atom. The molecule has 2 rings (SSSR count). The third-order valence-corrected chi connectivity index (χ3v) is 3.62. The zero-order chi connectivity index (χ0) is 19.1. The van der Waals surface area contributed by atoms with Gasteiger partial charge >= 0.3 is 0 Å². The van der Waals surface area contributed by atoms with Crippen molar-refractivity contribution < 1.29 is 22.7 Å². The summed E-state index contributed by atoms with van der Waals surface area (Å²) in [5, 5.41) is 7.88. The van der Waals surface area contributed by atoms with Gasteiger partial charge in [0.05, 0.1) is 19.3 Å². The SMILES string of the molecule is COc1ccc(CNC(=S)NCC(=O)Nc2ccc(F)c(F)c2F)cc1. The zero-order valence-electron chi connectivity index (χ0n) is 13.7. The van der Waals surface area contributed by atoms with E-state index in [9.17, 15) is 18.0 Å². The summed E-state index contributed by atoms with van der Waals surface area (Å²) in [6, 6.07) is 8.98. The number of nitrogens with one attached hydrogen (secondary N) is 3. The third-order valence-electron chi connectivity index (χ3n) is 3.33. The van der Waals surface area contributed by atoms with Gasteiger partial charge in [0.25, 0.3) is 0 Å². The number of carbonyl (C=O) groups is 1. The summed E-state index contributed by atoms with van der Waals surface area (Å²) in [6.45, 7) is 0.155. The molecule has 138 valence electrons. The maximum absolute atomic E-state index is 13.5. The largest absolute Gasteiger partial charge is 0.497 e. The number of methoxy groups -OCH3 is 1. The summed E-state index contributed by atoms with van der Waals surface area (Å²) in [7, 11) is 1.57. The van der Waals surface area contributed by atoms with E-state index in [1.807, 2.05) is 12.1 Å². The molecule has 1 amide bonds. The number of ether oxygens (including phenoxy) is 1. The minimum Gasteiger partial charge on any atom is -0.497 e. The number of carbonyl (C=O) groups excluding carboxylic acids is 1. The lowest BCUT2D eigenvalue weighted by Crippen LogP contribution is -2.39. The molecule has 2 aromatic rings. The van der Waals surface area contributed by atoms with Crippen LogP contribution in [0.2, 0.25) is 0 Å². The van der Waals surface area contributed by atoms with Crippen molar-refractivity contribution >= 4 is 28.9 Å². The van der Waals surface area contributed by atoms with Gasteiger partial charge in [0.1, 0.15) is 5.75 Å². The van der Waals surface area contributed by atoms with E-state index in [1.165, 1.54) is 0 Å². The van der Waals surface area contributed by atoms with Crippen LogP contribution in [-0.2, 0) is 11.3 Å². The monoisotopic (exact) mass is 383 g/mol. The summed E-state index contributed by atoms with van der Waals surface area (Å²) < 4.78 is 44.5. The average molecular weight is 383 g/mol. The molecule has 0 atom stereocenters. The van der Waals surface area contributed by atoms with Crippen molar-refractivity contribution in [1.29, 1.82) is 0 Å². The minimum atomic E-state index is -1.65. The molecule has 9 heteroatoms. The normalized spacial score (nSPS) is 10.2. The maximum Gasteiger partial charge on any atom is 0.243 e. The van der Waals surface area contributed by atoms with E-state index in [1.54, 1.807) is 19.2 Å². The van der Waals surface area contributed by atoms with Gasteiger partial charge in [-0.05, 0) is 42.0 Å². The lowest BCUT2D eigenvalue weighted by molar-refractivity contribution is -0.115. The number of hydrogen-bond acceptors (Lipinski definition) is 3. The van der Waals surface area contributed by atoms with Crippen LogP contribution in [0.15, 0.2) is 36.4 Å². The van der Waals surface area contributed by atoms with Gasteiger partial charge < -0.3 is 20.7 Å². The van der Waals surface area contributed by atoms with E-state index < -0.39 is 29.0 Å². The Morgan fingerprint density at radius 2 is 1.73 bits per heavy atom. The molecule has 0 aliphatic carbocycles. The van der Waals surface area contributed by atoms with Crippen LogP contribution < -0.4 is 20.7 Å². The lowest BCUT2D eigenvalue weighted by atomic mass is 10.2. The fourth-order valence-electron chi connectivity index (χ4n) is 1.97. The molecule has 0 saturated carbocycles. The first-order valence-electron chi connectivity index (χ1n) is 7.48. The van der Waals surface area contributed by atoms with Crippen molar-refractivity contribution in [1.82, 2.24) is 10.6 Å². The Morgan fingerprint density at radius 1 is 1.04 bits per heavy atom. The number of anilines is 1. The molecule has 0 aliphatic heterocycles. The van der Waals surface area contributed by atoms with E-state index in [0.29, 0.717) is 6.54 Å². The second kappa shape index (κ2) is 9.04. The molecule has 0 unspecified atom stereocenters. The molecule has 0 spiro atoms. The van der Waals surface area contributed by atoms with Crippen molar-refractivity contribution in [2.45, 2.75) is 6.54 Å². The summed E-state index contributed by atoms with van der Waals surface area (Å²) >= 11 is 5.04. The first-order valence-corrected chi connectivity index (χ1v) is 7.89. The maximum atomic E-state index is 13.5. The Labute approximate surface area is 153 Å². The van der Waals surface area contributed by atoms with Crippen molar-refractivity contribution in [3.8, 4) is 5.75 Å². The number of benzene rings is 2. The van der Waals surface area contributed by atoms with Crippen LogP contribution >= 0.6 is 12.2 Å². The highest BCUT2D eigenvalue weighted by atomic mass is 32.1. The van der Waals surface area contributed by atoms with Crippen LogP contribution in [0.4, 0.5) is 18.9 Å². The Bertz CT molecular complexity index is 801. The first-order chi connectivity index (χ1) is 12.4. The molecule has 0 saturated heterocycles. The number of amides is 1. The van der Waals surface area contributed by atoms with Crippen molar-refractivity contribution in [2.75, 3.05) is 19.0 Å². The van der Waals surface area contributed by atoms with Crippen LogP contribution in [0, 0.1) is 17.5 Å². The second-order valence-corrected chi connectivity index (χ2v) is 5.56. The third kappa shape index (κ3) is 5.35. The number of thiocarbonyl (C=S) groups is 1. The minimum absolute atomic E-state index is 0.210. The molecule has 0 heterocycles. The number of rotatable bonds is 6. The summed E-state index contributed by atoms with van der Waals surface area (Å²) in [6.07, 6.45) is 0. The Kier molecular flexibility index (Phi) is 6.79. The van der Waals surface area contributed by atoms with Gasteiger partial charge in [0, 0.05) is 6.54 Å². The van der Waals surface area contributed by atoms with Crippen LogP contribution in [0.25, 0.3) is 0 Å². The summed E-state index contributed by atoms with van der Waals surface area (Å²) in [5.41, 5.74) is 0.496. The van der Waals surface area contributed by atoms with Crippen LogP contribution in [0.5, 0.6) is 5.75 Å².